The second-order valence-corrected chi connectivity index (χ2v) is 5.86. The summed E-state index contributed by atoms with van der Waals surface area (Å²) < 4.78 is 6.11. The molecule has 0 amide bonds. The number of halogens is 1. The lowest BCUT2D eigenvalue weighted by atomic mass is 10.1. The second-order valence-electron chi connectivity index (χ2n) is 5.45. The highest BCUT2D eigenvalue weighted by Gasteiger charge is 2.23. The number of hydrogen-bond acceptors (Lipinski definition) is 2. The molecule has 2 aromatic carbocycles. The normalized spacial score (nSPS) is 23.5. The molecule has 2 aromatic rings. The molecule has 0 radical (unpaired) electrons. The monoisotopic (exact) mass is 290 g/mol. The Bertz CT molecular complexity index is 597. The highest BCUT2D eigenvalue weighted by molar-refractivity contribution is 6.35. The van der Waals surface area contributed by atoms with E-state index < -0.39 is 0 Å². The number of ether oxygens (including phenoxy) is 1. The van der Waals surface area contributed by atoms with Crippen molar-refractivity contribution in [2.45, 2.75) is 44.3 Å². The summed E-state index contributed by atoms with van der Waals surface area (Å²) >= 11 is 6.22. The summed E-state index contributed by atoms with van der Waals surface area (Å²) in [4.78, 5) is 0. The van der Waals surface area contributed by atoms with E-state index in [0.29, 0.717) is 0 Å². The summed E-state index contributed by atoms with van der Waals surface area (Å²) in [7, 11) is 0. The molecule has 1 fully saturated rings. The van der Waals surface area contributed by atoms with Crippen molar-refractivity contribution in [3.8, 4) is 5.75 Å². The standard InChI is InChI=1S/C17H19ClO2/c18-14-10-11-16(13-7-5-4-6-12(13)14)20-17-9-3-1-2-8-15(17)19/h4-7,10-11,15,17,19H,1-3,8-9H2. The fraction of sp³-hybridized carbons (Fsp3) is 0.412. The molecule has 106 valence electrons. The lowest BCUT2D eigenvalue weighted by molar-refractivity contribution is 0.0329. The van der Waals surface area contributed by atoms with E-state index >= 15 is 0 Å². The van der Waals surface area contributed by atoms with Crippen LogP contribution in [0.4, 0.5) is 0 Å². The minimum Gasteiger partial charge on any atom is -0.487 e. The van der Waals surface area contributed by atoms with Crippen molar-refractivity contribution >= 4 is 22.4 Å². The molecule has 0 aliphatic heterocycles. The molecule has 0 spiro atoms. The van der Waals surface area contributed by atoms with E-state index in [1.165, 1.54) is 6.42 Å². The average molecular weight is 291 g/mol. The van der Waals surface area contributed by atoms with Gasteiger partial charge in [0.2, 0.25) is 0 Å². The maximum Gasteiger partial charge on any atom is 0.127 e. The van der Waals surface area contributed by atoms with Crippen LogP contribution in [0.1, 0.15) is 32.1 Å². The highest BCUT2D eigenvalue weighted by atomic mass is 35.5. The zero-order valence-electron chi connectivity index (χ0n) is 11.4. The molecular weight excluding hydrogens is 272 g/mol. The van der Waals surface area contributed by atoms with Crippen molar-refractivity contribution in [3.63, 3.8) is 0 Å². The van der Waals surface area contributed by atoms with E-state index in [-0.39, 0.29) is 12.2 Å². The van der Waals surface area contributed by atoms with Crippen molar-refractivity contribution in [2.75, 3.05) is 0 Å². The Morgan fingerprint density at radius 1 is 0.950 bits per heavy atom. The van der Waals surface area contributed by atoms with Gasteiger partial charge in [-0.05, 0) is 31.4 Å². The zero-order chi connectivity index (χ0) is 13.9. The summed E-state index contributed by atoms with van der Waals surface area (Å²) in [5, 5.41) is 12.9. The van der Waals surface area contributed by atoms with E-state index in [1.54, 1.807) is 0 Å². The molecule has 1 saturated carbocycles. The first kappa shape index (κ1) is 13.7. The van der Waals surface area contributed by atoms with E-state index in [1.807, 2.05) is 36.4 Å². The molecule has 2 atom stereocenters. The Morgan fingerprint density at radius 3 is 2.55 bits per heavy atom. The number of hydrogen-bond donors (Lipinski definition) is 1. The van der Waals surface area contributed by atoms with E-state index in [0.717, 1.165) is 47.2 Å². The Kier molecular flexibility index (Phi) is 4.13. The predicted octanol–water partition coefficient (Wildman–Crippen LogP) is 4.57. The SMILES string of the molecule is OC1CCCCCC1Oc1ccc(Cl)c2ccccc12. The summed E-state index contributed by atoms with van der Waals surface area (Å²) in [6.07, 6.45) is 4.65. The molecule has 2 nitrogen and oxygen atoms in total. The molecule has 20 heavy (non-hydrogen) atoms. The van der Waals surface area contributed by atoms with Crippen molar-refractivity contribution < 1.29 is 9.84 Å². The summed E-state index contributed by atoms with van der Waals surface area (Å²) in [6, 6.07) is 11.7. The van der Waals surface area contributed by atoms with Crippen molar-refractivity contribution in [1.29, 1.82) is 0 Å². The Hall–Kier alpha value is -1.25. The van der Waals surface area contributed by atoms with E-state index in [4.69, 9.17) is 16.3 Å². The summed E-state index contributed by atoms with van der Waals surface area (Å²) in [5.41, 5.74) is 0. The van der Waals surface area contributed by atoms with Crippen LogP contribution in [0.3, 0.4) is 0 Å². The number of aliphatic hydroxyl groups excluding tert-OH is 1. The number of fused-ring (bicyclic) bond motifs is 1. The molecule has 0 aromatic heterocycles. The van der Waals surface area contributed by atoms with Gasteiger partial charge in [0.1, 0.15) is 11.9 Å². The summed E-state index contributed by atoms with van der Waals surface area (Å²) in [5.74, 6) is 0.816. The van der Waals surface area contributed by atoms with Crippen LogP contribution in [0.25, 0.3) is 10.8 Å². The first-order chi connectivity index (χ1) is 9.75. The van der Waals surface area contributed by atoms with Gasteiger partial charge in [-0.1, -0.05) is 48.7 Å². The molecule has 3 heteroatoms. The molecule has 0 bridgehead atoms. The maximum absolute atomic E-state index is 10.2. The van der Waals surface area contributed by atoms with Gasteiger partial charge in [-0.2, -0.15) is 0 Å². The molecule has 0 heterocycles. The highest BCUT2D eigenvalue weighted by Crippen LogP contribution is 2.33. The van der Waals surface area contributed by atoms with Gasteiger partial charge in [0.15, 0.2) is 0 Å². The van der Waals surface area contributed by atoms with Crippen LogP contribution in [-0.4, -0.2) is 17.3 Å². The lowest BCUT2D eigenvalue weighted by Crippen LogP contribution is -2.30. The minimum atomic E-state index is -0.369. The van der Waals surface area contributed by atoms with Gasteiger partial charge in [0.25, 0.3) is 0 Å². The molecule has 1 aliphatic rings. The predicted molar refractivity (Wildman–Crippen MR) is 82.5 cm³/mol. The van der Waals surface area contributed by atoms with Crippen LogP contribution >= 0.6 is 11.6 Å². The van der Waals surface area contributed by atoms with Gasteiger partial charge in [0, 0.05) is 15.8 Å². The average Bonchev–Trinajstić information content (AvgIpc) is 2.67. The van der Waals surface area contributed by atoms with E-state index in [2.05, 4.69) is 0 Å². The quantitative estimate of drug-likeness (QED) is 0.821. The number of benzene rings is 2. The largest absolute Gasteiger partial charge is 0.487 e. The van der Waals surface area contributed by atoms with Crippen molar-refractivity contribution in [1.82, 2.24) is 0 Å². The first-order valence-corrected chi connectivity index (χ1v) is 7.65. The number of aliphatic hydroxyl groups is 1. The van der Waals surface area contributed by atoms with Crippen molar-refractivity contribution in [2.24, 2.45) is 0 Å². The Morgan fingerprint density at radius 2 is 1.70 bits per heavy atom. The topological polar surface area (TPSA) is 29.5 Å². The molecular formula is C17H19ClO2. The number of rotatable bonds is 2. The third-order valence-electron chi connectivity index (χ3n) is 4.03. The van der Waals surface area contributed by atoms with Gasteiger partial charge in [-0.25, -0.2) is 0 Å². The van der Waals surface area contributed by atoms with Crippen LogP contribution in [0.5, 0.6) is 5.75 Å². The Labute approximate surface area is 124 Å². The van der Waals surface area contributed by atoms with Gasteiger partial charge in [0.05, 0.1) is 6.10 Å². The fourth-order valence-electron chi connectivity index (χ4n) is 2.89. The van der Waals surface area contributed by atoms with Gasteiger partial charge in [-0.15, -0.1) is 0 Å². The minimum absolute atomic E-state index is 0.109. The fourth-order valence-corrected chi connectivity index (χ4v) is 3.12. The Balaban J connectivity index is 1.92. The molecule has 3 rings (SSSR count). The summed E-state index contributed by atoms with van der Waals surface area (Å²) in [6.45, 7) is 0. The molecule has 1 N–H and O–H groups in total. The zero-order valence-corrected chi connectivity index (χ0v) is 12.1. The van der Waals surface area contributed by atoms with Crippen LogP contribution < -0.4 is 4.74 Å². The van der Waals surface area contributed by atoms with Crippen LogP contribution in [0.15, 0.2) is 36.4 Å². The molecule has 0 saturated heterocycles. The maximum atomic E-state index is 10.2. The van der Waals surface area contributed by atoms with Crippen LogP contribution in [-0.2, 0) is 0 Å². The van der Waals surface area contributed by atoms with Crippen LogP contribution in [0, 0.1) is 0 Å². The third-order valence-corrected chi connectivity index (χ3v) is 4.36. The van der Waals surface area contributed by atoms with Crippen LogP contribution in [0.2, 0.25) is 5.02 Å². The van der Waals surface area contributed by atoms with Crippen molar-refractivity contribution in [3.05, 3.63) is 41.4 Å². The molecule has 2 unspecified atom stereocenters. The first-order valence-electron chi connectivity index (χ1n) is 7.27. The lowest BCUT2D eigenvalue weighted by Gasteiger charge is -2.23. The molecule has 1 aliphatic carbocycles. The second kappa shape index (κ2) is 6.02. The van der Waals surface area contributed by atoms with Gasteiger partial charge < -0.3 is 9.84 Å². The van der Waals surface area contributed by atoms with E-state index in [9.17, 15) is 5.11 Å². The third kappa shape index (κ3) is 2.77. The van der Waals surface area contributed by atoms with Gasteiger partial charge in [-0.3, -0.25) is 0 Å². The van der Waals surface area contributed by atoms with Gasteiger partial charge >= 0.3 is 0 Å². The smallest absolute Gasteiger partial charge is 0.127 e.